The molecule has 160 valence electrons. The average molecular weight is 436 g/mol. The molecule has 2 aromatic carbocycles. The highest BCUT2D eigenvalue weighted by Crippen LogP contribution is 2.29. The second-order valence-electron chi connectivity index (χ2n) is 6.48. The Morgan fingerprint density at radius 1 is 1.30 bits per heavy atom. The first-order valence-corrected chi connectivity index (χ1v) is 9.75. The molecule has 2 aromatic rings. The molecule has 1 N–H and O–H groups in total. The summed E-state index contributed by atoms with van der Waals surface area (Å²) >= 11 is 0.724. The minimum atomic E-state index is -0.572. The molecule has 1 aliphatic rings. The van der Waals surface area contributed by atoms with E-state index in [1.54, 1.807) is 24.3 Å². The Morgan fingerprint density at radius 3 is 2.73 bits per heavy atom. The predicted octanol–water partition coefficient (Wildman–Crippen LogP) is 3.61. The first-order chi connectivity index (χ1) is 14.5. The Hall–Kier alpha value is -2.66. The molecule has 0 radical (unpaired) electrons. The van der Waals surface area contributed by atoms with Gasteiger partial charge >= 0.3 is 6.09 Å². The van der Waals surface area contributed by atoms with Gasteiger partial charge in [-0.3, -0.25) is 13.9 Å². The number of amides is 2. The number of ether oxygens (including phenoxy) is 1. The van der Waals surface area contributed by atoms with E-state index in [-0.39, 0.29) is 19.0 Å². The number of nitrogens with one attached hydrogen (secondary N) is 1. The van der Waals surface area contributed by atoms with Gasteiger partial charge in [-0.1, -0.05) is 24.3 Å². The Morgan fingerprint density at radius 2 is 2.07 bits per heavy atom. The highest BCUT2D eigenvalue weighted by molar-refractivity contribution is 7.89. The van der Waals surface area contributed by atoms with Crippen LogP contribution in [-0.4, -0.2) is 38.3 Å². The summed E-state index contributed by atoms with van der Waals surface area (Å²) in [6.07, 6.45) is -1.05. The summed E-state index contributed by atoms with van der Waals surface area (Å²) in [5, 5.41) is 2.61. The molecule has 3 rings (SSSR count). The van der Waals surface area contributed by atoms with E-state index in [1.807, 2.05) is 12.1 Å². The molecule has 2 amide bonds. The zero-order valence-corrected chi connectivity index (χ0v) is 17.2. The first-order valence-electron chi connectivity index (χ1n) is 9.08. The molecule has 1 saturated heterocycles. The number of hydrogen-bond donors (Lipinski definition) is 1. The van der Waals surface area contributed by atoms with Crippen LogP contribution in [-0.2, 0) is 29.5 Å². The van der Waals surface area contributed by atoms with Crippen molar-refractivity contribution in [2.24, 2.45) is 0 Å². The number of nitrogens with zero attached hydrogens (tertiary/aromatic N) is 1. The van der Waals surface area contributed by atoms with Gasteiger partial charge in [0.05, 0.1) is 32.5 Å². The topological polar surface area (TPSA) is 86.3 Å². The van der Waals surface area contributed by atoms with E-state index in [4.69, 9.17) is 8.92 Å². The highest BCUT2D eigenvalue weighted by atomic mass is 32.2. The van der Waals surface area contributed by atoms with Crippen LogP contribution >= 0.6 is 12.3 Å². The van der Waals surface area contributed by atoms with E-state index in [9.17, 15) is 14.0 Å². The largest absolute Gasteiger partial charge is 0.442 e. The van der Waals surface area contributed by atoms with Gasteiger partial charge in [0.2, 0.25) is 5.91 Å². The molecule has 1 fully saturated rings. The second-order valence-corrected chi connectivity index (χ2v) is 6.99. The molecule has 0 saturated carbocycles. The van der Waals surface area contributed by atoms with Crippen molar-refractivity contribution in [1.82, 2.24) is 5.32 Å². The van der Waals surface area contributed by atoms with Crippen LogP contribution < -0.4 is 10.2 Å². The normalized spacial score (nSPS) is 15.9. The quantitative estimate of drug-likeness (QED) is 0.278. The van der Waals surface area contributed by atoms with E-state index < -0.39 is 18.0 Å². The lowest BCUT2D eigenvalue weighted by Crippen LogP contribution is -2.33. The summed E-state index contributed by atoms with van der Waals surface area (Å²) in [5.74, 6) is -0.668. The van der Waals surface area contributed by atoms with Gasteiger partial charge in [-0.05, 0) is 29.3 Å². The minimum absolute atomic E-state index is 0.209. The van der Waals surface area contributed by atoms with Crippen molar-refractivity contribution in [1.29, 1.82) is 0 Å². The number of carbonyl (C=O) groups is 2. The van der Waals surface area contributed by atoms with Crippen molar-refractivity contribution in [2.45, 2.75) is 19.6 Å². The Kier molecular flexibility index (Phi) is 7.63. The third kappa shape index (κ3) is 5.70. The zero-order valence-electron chi connectivity index (χ0n) is 16.4. The molecular formula is C20H21FN2O6S. The highest BCUT2D eigenvalue weighted by Gasteiger charge is 2.32. The van der Waals surface area contributed by atoms with Crippen molar-refractivity contribution >= 4 is 30.0 Å². The maximum Gasteiger partial charge on any atom is 0.414 e. The maximum atomic E-state index is 14.8. The summed E-state index contributed by atoms with van der Waals surface area (Å²) in [6.45, 7) is 2.13. The fourth-order valence-electron chi connectivity index (χ4n) is 2.92. The molecule has 1 heterocycles. The minimum Gasteiger partial charge on any atom is -0.442 e. The first kappa shape index (κ1) is 22.0. The lowest BCUT2D eigenvalue weighted by Gasteiger charge is -2.14. The zero-order chi connectivity index (χ0) is 21.5. The molecule has 0 aliphatic carbocycles. The van der Waals surface area contributed by atoms with Gasteiger partial charge in [-0.15, -0.1) is 4.33 Å². The SMILES string of the molecule is COOSOCc1ccc(-c2ccc(N3C[C@H](CNC(C)=O)OC3=O)cc2F)cc1. The van der Waals surface area contributed by atoms with Crippen LogP contribution in [0, 0.1) is 5.82 Å². The van der Waals surface area contributed by atoms with Gasteiger partial charge in [0.1, 0.15) is 11.9 Å². The summed E-state index contributed by atoms with van der Waals surface area (Å²) in [4.78, 5) is 28.9. The smallest absolute Gasteiger partial charge is 0.414 e. The Labute approximate surface area is 177 Å². The van der Waals surface area contributed by atoms with Crippen LogP contribution in [0.3, 0.4) is 0 Å². The lowest BCUT2D eigenvalue weighted by atomic mass is 10.0. The van der Waals surface area contributed by atoms with Crippen molar-refractivity contribution in [3.8, 4) is 11.1 Å². The molecule has 0 aromatic heterocycles. The van der Waals surface area contributed by atoms with Crippen molar-refractivity contribution < 1.29 is 32.1 Å². The molecular weight excluding hydrogens is 415 g/mol. The summed E-state index contributed by atoms with van der Waals surface area (Å²) < 4.78 is 29.7. The molecule has 0 bridgehead atoms. The average Bonchev–Trinajstić information content (AvgIpc) is 3.11. The number of cyclic esters (lactones) is 1. The third-order valence-electron chi connectivity index (χ3n) is 4.35. The van der Waals surface area contributed by atoms with Crippen molar-refractivity contribution in [3.05, 3.63) is 53.8 Å². The molecule has 1 aliphatic heterocycles. The maximum absolute atomic E-state index is 14.8. The van der Waals surface area contributed by atoms with Crippen molar-refractivity contribution in [3.63, 3.8) is 0 Å². The van der Waals surface area contributed by atoms with Gasteiger partial charge in [0.25, 0.3) is 0 Å². The Bertz CT molecular complexity index is 895. The number of halogens is 1. The predicted molar refractivity (Wildman–Crippen MR) is 109 cm³/mol. The molecule has 10 heteroatoms. The van der Waals surface area contributed by atoms with Crippen LogP contribution in [0.4, 0.5) is 14.9 Å². The van der Waals surface area contributed by atoms with E-state index in [0.29, 0.717) is 23.4 Å². The number of benzene rings is 2. The second kappa shape index (κ2) is 10.4. The van der Waals surface area contributed by atoms with Crippen LogP contribution in [0.25, 0.3) is 11.1 Å². The van der Waals surface area contributed by atoms with Gasteiger partial charge in [-0.2, -0.15) is 0 Å². The lowest BCUT2D eigenvalue weighted by molar-refractivity contribution is -0.167. The monoisotopic (exact) mass is 436 g/mol. The van der Waals surface area contributed by atoms with Gasteiger partial charge in [0, 0.05) is 12.5 Å². The number of carbonyl (C=O) groups excluding carboxylic acids is 2. The van der Waals surface area contributed by atoms with Crippen LogP contribution in [0.5, 0.6) is 0 Å². The fourth-order valence-corrected chi connectivity index (χ4v) is 3.20. The van der Waals surface area contributed by atoms with Crippen LogP contribution in [0.15, 0.2) is 42.5 Å². The molecule has 30 heavy (non-hydrogen) atoms. The van der Waals surface area contributed by atoms with E-state index >= 15 is 0 Å². The summed E-state index contributed by atoms with van der Waals surface area (Å²) in [7, 11) is 1.38. The Balaban J connectivity index is 1.65. The van der Waals surface area contributed by atoms with Gasteiger partial charge < -0.3 is 10.1 Å². The van der Waals surface area contributed by atoms with Gasteiger partial charge in [0.15, 0.2) is 12.3 Å². The van der Waals surface area contributed by atoms with Crippen LogP contribution in [0.2, 0.25) is 0 Å². The molecule has 8 nitrogen and oxygen atoms in total. The number of anilines is 1. The molecule has 0 spiro atoms. The molecule has 0 unspecified atom stereocenters. The van der Waals surface area contributed by atoms with Crippen molar-refractivity contribution in [2.75, 3.05) is 25.1 Å². The molecule has 1 atom stereocenters. The number of hydrogen-bond acceptors (Lipinski definition) is 7. The fraction of sp³-hybridized carbons (Fsp3) is 0.300. The van der Waals surface area contributed by atoms with Gasteiger partial charge in [-0.25, -0.2) is 14.1 Å². The summed E-state index contributed by atoms with van der Waals surface area (Å²) in [5.41, 5.74) is 2.38. The van der Waals surface area contributed by atoms with E-state index in [0.717, 1.165) is 17.9 Å². The standard InChI is InChI=1S/C20H21FN2O6S/c1-13(24)22-10-17-11-23(20(25)28-17)16-7-8-18(19(21)9-16)15-5-3-14(4-6-15)12-27-30-29-26-2/h3-9,17H,10-12H2,1-2H3,(H,22,24)/t17-/m0/s1. The summed E-state index contributed by atoms with van der Waals surface area (Å²) in [6, 6.07) is 11.8. The number of rotatable bonds is 9. The van der Waals surface area contributed by atoms with Crippen LogP contribution in [0.1, 0.15) is 12.5 Å². The van der Waals surface area contributed by atoms with E-state index in [1.165, 1.54) is 25.0 Å². The third-order valence-corrected chi connectivity index (χ3v) is 4.76. The van der Waals surface area contributed by atoms with E-state index in [2.05, 4.69) is 14.5 Å².